The van der Waals surface area contributed by atoms with Crippen LogP contribution in [0.3, 0.4) is 0 Å². The summed E-state index contributed by atoms with van der Waals surface area (Å²) in [6.45, 7) is 1.15. The first-order valence-corrected chi connectivity index (χ1v) is 12.3. The number of hydrogen-bond donors (Lipinski definition) is 2. The fourth-order valence-electron chi connectivity index (χ4n) is 3.43. The van der Waals surface area contributed by atoms with Crippen molar-refractivity contribution in [3.05, 3.63) is 52.8 Å². The zero-order valence-corrected chi connectivity index (χ0v) is 19.3. The number of sulfonamides is 1. The Labute approximate surface area is 196 Å². The number of ether oxygens (including phenoxy) is 1. The Balaban J connectivity index is 1.79. The highest BCUT2D eigenvalue weighted by Gasteiger charge is 2.24. The molecule has 2 aromatic carbocycles. The summed E-state index contributed by atoms with van der Waals surface area (Å²) in [4.78, 5) is 24.8. The Morgan fingerprint density at radius 2 is 1.85 bits per heavy atom. The van der Waals surface area contributed by atoms with Gasteiger partial charge in [-0.15, -0.1) is 0 Å². The summed E-state index contributed by atoms with van der Waals surface area (Å²) < 4.78 is 47.8. The minimum Gasteiger partial charge on any atom is -0.491 e. The fourth-order valence-corrected chi connectivity index (χ4v) is 4.68. The molecule has 8 nitrogen and oxygen atoms in total. The number of benzene rings is 2. The lowest BCUT2D eigenvalue weighted by atomic mass is 10.1. The number of rotatable bonds is 9. The van der Waals surface area contributed by atoms with Crippen LogP contribution >= 0.6 is 11.6 Å². The van der Waals surface area contributed by atoms with E-state index in [1.165, 1.54) is 18.2 Å². The molecule has 1 fully saturated rings. The van der Waals surface area contributed by atoms with Gasteiger partial charge in [0.05, 0.1) is 22.8 Å². The Morgan fingerprint density at radius 1 is 1.12 bits per heavy atom. The molecular formula is C22H24ClFN2O6S. The van der Waals surface area contributed by atoms with Gasteiger partial charge in [-0.25, -0.2) is 12.8 Å². The van der Waals surface area contributed by atoms with Crippen LogP contribution in [0.15, 0.2) is 41.3 Å². The number of anilines is 1. The van der Waals surface area contributed by atoms with Crippen molar-refractivity contribution in [1.82, 2.24) is 4.90 Å². The third-order valence-corrected chi connectivity index (χ3v) is 6.70. The van der Waals surface area contributed by atoms with Gasteiger partial charge in [0.2, 0.25) is 0 Å². The van der Waals surface area contributed by atoms with Crippen molar-refractivity contribution >= 4 is 39.2 Å². The number of carboxylic acid groups (broad SMARTS) is 1. The van der Waals surface area contributed by atoms with Gasteiger partial charge in [0.15, 0.2) is 11.6 Å². The van der Waals surface area contributed by atoms with Gasteiger partial charge in [-0.2, -0.15) is 0 Å². The van der Waals surface area contributed by atoms with Gasteiger partial charge in [-0.1, -0.05) is 11.6 Å². The van der Waals surface area contributed by atoms with Crippen LogP contribution in [0.4, 0.5) is 10.1 Å². The van der Waals surface area contributed by atoms with Gasteiger partial charge in [0.25, 0.3) is 15.9 Å². The number of carbonyl (C=O) groups excluding carboxylic acids is 1. The lowest BCUT2D eigenvalue weighted by Crippen LogP contribution is -2.36. The largest absolute Gasteiger partial charge is 0.491 e. The van der Waals surface area contributed by atoms with Crippen LogP contribution in [0, 0.1) is 5.82 Å². The molecule has 1 saturated heterocycles. The van der Waals surface area contributed by atoms with E-state index in [9.17, 15) is 22.4 Å². The number of piperidine rings is 1. The normalized spacial score (nSPS) is 14.1. The van der Waals surface area contributed by atoms with Gasteiger partial charge in [0, 0.05) is 24.5 Å². The number of likely N-dealkylation sites (tertiary alicyclic amines) is 1. The molecule has 0 unspecified atom stereocenters. The van der Waals surface area contributed by atoms with Crippen molar-refractivity contribution in [2.45, 2.75) is 37.0 Å². The summed E-state index contributed by atoms with van der Waals surface area (Å²) in [5.41, 5.74) is 0.163. The standard InChI is InChI=1S/C22H24ClFN2O6S/c23-15-6-8-17(22(29)26-10-2-1-3-11-26)19(13-15)25-33(30,31)16-7-9-20(18(24)14-16)32-12-4-5-21(27)28/h6-9,13-14,25H,1-5,10-12H2,(H,27,28). The molecule has 0 aromatic heterocycles. The maximum Gasteiger partial charge on any atom is 0.303 e. The molecule has 1 amide bonds. The van der Waals surface area contributed by atoms with Crippen molar-refractivity contribution in [3.8, 4) is 5.75 Å². The predicted octanol–water partition coefficient (Wildman–Crippen LogP) is 4.15. The molecular weight excluding hydrogens is 475 g/mol. The van der Waals surface area contributed by atoms with E-state index in [2.05, 4.69) is 4.72 Å². The molecule has 0 saturated carbocycles. The average molecular weight is 499 g/mol. The molecule has 33 heavy (non-hydrogen) atoms. The van der Waals surface area contributed by atoms with Gasteiger partial charge in [0.1, 0.15) is 0 Å². The van der Waals surface area contributed by atoms with E-state index in [-0.39, 0.29) is 52.3 Å². The quantitative estimate of drug-likeness (QED) is 0.502. The van der Waals surface area contributed by atoms with Crippen LogP contribution in [0.2, 0.25) is 5.02 Å². The minimum atomic E-state index is -4.25. The Bertz CT molecular complexity index is 1140. The van der Waals surface area contributed by atoms with Crippen molar-refractivity contribution in [1.29, 1.82) is 0 Å². The number of nitrogens with zero attached hydrogens (tertiary/aromatic N) is 1. The van der Waals surface area contributed by atoms with E-state index in [0.717, 1.165) is 37.5 Å². The molecule has 0 bridgehead atoms. The molecule has 0 spiro atoms. The van der Waals surface area contributed by atoms with Crippen LogP contribution in [-0.4, -0.2) is 50.0 Å². The van der Waals surface area contributed by atoms with E-state index in [1.54, 1.807) is 4.90 Å². The summed E-state index contributed by atoms with van der Waals surface area (Å²) in [7, 11) is -4.25. The molecule has 178 valence electrons. The zero-order chi connectivity index (χ0) is 24.0. The number of hydrogen-bond acceptors (Lipinski definition) is 5. The highest BCUT2D eigenvalue weighted by molar-refractivity contribution is 7.92. The summed E-state index contributed by atoms with van der Waals surface area (Å²) in [6, 6.07) is 7.42. The minimum absolute atomic E-state index is 0.00692. The average Bonchev–Trinajstić information content (AvgIpc) is 2.77. The first kappa shape index (κ1) is 24.8. The zero-order valence-electron chi connectivity index (χ0n) is 17.7. The van der Waals surface area contributed by atoms with Gasteiger partial charge in [-0.3, -0.25) is 14.3 Å². The highest BCUT2D eigenvalue weighted by Crippen LogP contribution is 2.28. The Hall–Kier alpha value is -2.85. The maximum absolute atomic E-state index is 14.4. The molecule has 3 rings (SSSR count). The van der Waals surface area contributed by atoms with Crippen molar-refractivity contribution in [2.24, 2.45) is 0 Å². The molecule has 0 aliphatic carbocycles. The van der Waals surface area contributed by atoms with Crippen LogP contribution in [0.25, 0.3) is 0 Å². The lowest BCUT2D eigenvalue weighted by molar-refractivity contribution is -0.137. The Kier molecular flexibility index (Phi) is 8.15. The smallest absolute Gasteiger partial charge is 0.303 e. The van der Waals surface area contributed by atoms with E-state index in [4.69, 9.17) is 21.4 Å². The van der Waals surface area contributed by atoms with E-state index < -0.39 is 21.8 Å². The van der Waals surface area contributed by atoms with Gasteiger partial charge < -0.3 is 14.7 Å². The summed E-state index contributed by atoms with van der Waals surface area (Å²) >= 11 is 6.04. The second-order valence-electron chi connectivity index (χ2n) is 7.59. The molecule has 11 heteroatoms. The van der Waals surface area contributed by atoms with E-state index in [1.807, 2.05) is 0 Å². The highest BCUT2D eigenvalue weighted by atomic mass is 35.5. The van der Waals surface area contributed by atoms with Gasteiger partial charge in [-0.05, 0) is 62.1 Å². The predicted molar refractivity (Wildman–Crippen MR) is 121 cm³/mol. The number of carboxylic acids is 1. The molecule has 0 atom stereocenters. The topological polar surface area (TPSA) is 113 Å². The van der Waals surface area contributed by atoms with E-state index in [0.29, 0.717) is 13.1 Å². The number of amides is 1. The van der Waals surface area contributed by atoms with E-state index >= 15 is 0 Å². The van der Waals surface area contributed by atoms with Crippen LogP contribution in [-0.2, 0) is 14.8 Å². The van der Waals surface area contributed by atoms with Crippen molar-refractivity contribution < 1.29 is 32.2 Å². The van der Waals surface area contributed by atoms with Crippen LogP contribution in [0.1, 0.15) is 42.5 Å². The second kappa shape index (κ2) is 10.8. The Morgan fingerprint density at radius 3 is 2.52 bits per heavy atom. The third kappa shape index (κ3) is 6.58. The number of carbonyl (C=O) groups is 2. The second-order valence-corrected chi connectivity index (χ2v) is 9.71. The summed E-state index contributed by atoms with van der Waals surface area (Å²) in [5, 5.41) is 8.86. The number of halogens is 2. The number of nitrogens with one attached hydrogen (secondary N) is 1. The van der Waals surface area contributed by atoms with Crippen LogP contribution in [0.5, 0.6) is 5.75 Å². The molecule has 1 heterocycles. The van der Waals surface area contributed by atoms with Gasteiger partial charge >= 0.3 is 5.97 Å². The summed E-state index contributed by atoms with van der Waals surface area (Å²) in [6.07, 6.45) is 2.85. The van der Waals surface area contributed by atoms with Crippen molar-refractivity contribution in [2.75, 3.05) is 24.4 Å². The SMILES string of the molecule is O=C(O)CCCOc1ccc(S(=O)(=O)Nc2cc(Cl)ccc2C(=O)N2CCCCC2)cc1F. The summed E-state index contributed by atoms with van der Waals surface area (Å²) in [5.74, 6) is -2.40. The fraction of sp³-hybridized carbons (Fsp3) is 0.364. The first-order chi connectivity index (χ1) is 15.7. The maximum atomic E-state index is 14.4. The molecule has 1 aliphatic rings. The monoisotopic (exact) mass is 498 g/mol. The van der Waals surface area contributed by atoms with Crippen LogP contribution < -0.4 is 9.46 Å². The third-order valence-electron chi connectivity index (χ3n) is 5.11. The molecule has 0 radical (unpaired) electrons. The first-order valence-electron chi connectivity index (χ1n) is 10.4. The van der Waals surface area contributed by atoms with Crippen molar-refractivity contribution in [3.63, 3.8) is 0 Å². The molecule has 2 N–H and O–H groups in total. The molecule has 2 aromatic rings. The molecule has 1 aliphatic heterocycles. The lowest BCUT2D eigenvalue weighted by Gasteiger charge is -2.27. The number of aliphatic carboxylic acids is 1.